The SMILES string of the molecule is CCOC(=O)N1CCN(C(=O)[C@@H]2CSCCC(=O)N2)CC1. The average Bonchev–Trinajstić information content (AvgIpc) is 2.71. The maximum absolute atomic E-state index is 12.4. The number of carbonyl (C=O) groups excluding carboxylic acids is 3. The van der Waals surface area contributed by atoms with Crippen molar-refractivity contribution in [3.8, 4) is 0 Å². The lowest BCUT2D eigenvalue weighted by molar-refractivity contribution is -0.137. The molecule has 21 heavy (non-hydrogen) atoms. The van der Waals surface area contributed by atoms with Crippen LogP contribution in [0.1, 0.15) is 13.3 Å². The number of piperazine rings is 1. The summed E-state index contributed by atoms with van der Waals surface area (Å²) in [6.45, 7) is 4.02. The number of nitrogens with zero attached hydrogens (tertiary/aromatic N) is 2. The summed E-state index contributed by atoms with van der Waals surface area (Å²) in [5, 5.41) is 2.77. The molecule has 2 aliphatic heterocycles. The first-order chi connectivity index (χ1) is 10.1. The topological polar surface area (TPSA) is 79.0 Å². The van der Waals surface area contributed by atoms with E-state index >= 15 is 0 Å². The predicted octanol–water partition coefficient (Wildman–Crippen LogP) is -0.0912. The average molecular weight is 315 g/mol. The normalized spacial score (nSPS) is 23.3. The number of thioether (sulfide) groups is 1. The Morgan fingerprint density at radius 2 is 1.95 bits per heavy atom. The van der Waals surface area contributed by atoms with E-state index < -0.39 is 6.04 Å². The molecule has 0 aromatic carbocycles. The van der Waals surface area contributed by atoms with Gasteiger partial charge in [-0.05, 0) is 6.92 Å². The number of hydrogen-bond acceptors (Lipinski definition) is 5. The molecular weight excluding hydrogens is 294 g/mol. The van der Waals surface area contributed by atoms with Crippen molar-refractivity contribution in [1.29, 1.82) is 0 Å². The van der Waals surface area contributed by atoms with Crippen molar-refractivity contribution in [3.05, 3.63) is 0 Å². The van der Waals surface area contributed by atoms with E-state index in [1.165, 1.54) is 0 Å². The molecule has 0 radical (unpaired) electrons. The van der Waals surface area contributed by atoms with Gasteiger partial charge in [0.1, 0.15) is 6.04 Å². The molecule has 0 spiro atoms. The third-order valence-electron chi connectivity index (χ3n) is 3.51. The van der Waals surface area contributed by atoms with E-state index in [9.17, 15) is 14.4 Å². The number of nitrogens with one attached hydrogen (secondary N) is 1. The van der Waals surface area contributed by atoms with Crippen molar-refractivity contribution in [2.75, 3.05) is 44.3 Å². The van der Waals surface area contributed by atoms with Crippen LogP contribution in [-0.2, 0) is 14.3 Å². The molecule has 7 nitrogen and oxygen atoms in total. The van der Waals surface area contributed by atoms with Gasteiger partial charge in [0.05, 0.1) is 6.61 Å². The maximum atomic E-state index is 12.4. The summed E-state index contributed by atoms with van der Waals surface area (Å²) >= 11 is 1.62. The predicted molar refractivity (Wildman–Crippen MR) is 79.0 cm³/mol. The lowest BCUT2D eigenvalue weighted by Gasteiger charge is -2.35. The van der Waals surface area contributed by atoms with Gasteiger partial charge < -0.3 is 19.9 Å². The third kappa shape index (κ3) is 4.26. The number of rotatable bonds is 2. The monoisotopic (exact) mass is 315 g/mol. The van der Waals surface area contributed by atoms with E-state index in [1.807, 2.05) is 0 Å². The second-order valence-electron chi connectivity index (χ2n) is 4.96. The second-order valence-corrected chi connectivity index (χ2v) is 6.11. The molecule has 0 aromatic rings. The molecule has 0 aromatic heterocycles. The largest absolute Gasteiger partial charge is 0.450 e. The minimum atomic E-state index is -0.445. The summed E-state index contributed by atoms with van der Waals surface area (Å²) in [4.78, 5) is 38.9. The summed E-state index contributed by atoms with van der Waals surface area (Å²) in [7, 11) is 0. The van der Waals surface area contributed by atoms with Crippen LogP contribution in [0.5, 0.6) is 0 Å². The minimum Gasteiger partial charge on any atom is -0.450 e. The molecule has 2 saturated heterocycles. The fourth-order valence-corrected chi connectivity index (χ4v) is 3.31. The van der Waals surface area contributed by atoms with Crippen molar-refractivity contribution < 1.29 is 19.1 Å². The van der Waals surface area contributed by atoms with E-state index in [0.29, 0.717) is 45.0 Å². The molecule has 1 N–H and O–H groups in total. The molecule has 2 fully saturated rings. The zero-order valence-corrected chi connectivity index (χ0v) is 13.0. The Labute approximate surface area is 128 Å². The van der Waals surface area contributed by atoms with Gasteiger partial charge in [-0.25, -0.2) is 4.79 Å². The van der Waals surface area contributed by atoms with Crippen molar-refractivity contribution in [2.45, 2.75) is 19.4 Å². The molecule has 2 heterocycles. The molecule has 0 saturated carbocycles. The molecule has 3 amide bonds. The van der Waals surface area contributed by atoms with Gasteiger partial charge in [0, 0.05) is 44.1 Å². The van der Waals surface area contributed by atoms with E-state index in [-0.39, 0.29) is 17.9 Å². The molecule has 0 unspecified atom stereocenters. The molecule has 0 aliphatic carbocycles. The number of carbonyl (C=O) groups is 3. The van der Waals surface area contributed by atoms with Crippen LogP contribution in [0.25, 0.3) is 0 Å². The van der Waals surface area contributed by atoms with Crippen molar-refractivity contribution >= 4 is 29.7 Å². The van der Waals surface area contributed by atoms with Gasteiger partial charge in [0.25, 0.3) is 0 Å². The highest BCUT2D eigenvalue weighted by Gasteiger charge is 2.31. The van der Waals surface area contributed by atoms with Gasteiger partial charge in [-0.3, -0.25) is 9.59 Å². The smallest absolute Gasteiger partial charge is 0.409 e. The van der Waals surface area contributed by atoms with E-state index in [4.69, 9.17) is 4.74 Å². The summed E-state index contributed by atoms with van der Waals surface area (Å²) < 4.78 is 4.95. The van der Waals surface area contributed by atoms with Crippen molar-refractivity contribution in [1.82, 2.24) is 15.1 Å². The zero-order chi connectivity index (χ0) is 15.2. The molecule has 8 heteroatoms. The zero-order valence-electron chi connectivity index (χ0n) is 12.2. The fourth-order valence-electron chi connectivity index (χ4n) is 2.35. The van der Waals surface area contributed by atoms with Gasteiger partial charge in [0.2, 0.25) is 11.8 Å². The van der Waals surface area contributed by atoms with Gasteiger partial charge in [-0.15, -0.1) is 0 Å². The first kappa shape index (κ1) is 15.9. The standard InChI is InChI=1S/C13H21N3O4S/c1-2-20-13(19)16-6-4-15(5-7-16)12(18)10-9-21-8-3-11(17)14-10/h10H,2-9H2,1H3,(H,14,17)/t10-/m0/s1. The lowest BCUT2D eigenvalue weighted by Crippen LogP contribution is -2.56. The van der Waals surface area contributed by atoms with Crippen molar-refractivity contribution in [2.24, 2.45) is 0 Å². The summed E-state index contributed by atoms with van der Waals surface area (Å²) in [6, 6.07) is -0.445. The van der Waals surface area contributed by atoms with Crippen LogP contribution in [0, 0.1) is 0 Å². The Morgan fingerprint density at radius 3 is 2.62 bits per heavy atom. The van der Waals surface area contributed by atoms with Crippen LogP contribution in [0.3, 0.4) is 0 Å². The number of amides is 3. The van der Waals surface area contributed by atoms with Crippen LogP contribution in [-0.4, -0.2) is 78.0 Å². The highest BCUT2D eigenvalue weighted by atomic mass is 32.2. The van der Waals surface area contributed by atoms with Gasteiger partial charge in [-0.1, -0.05) is 0 Å². The maximum Gasteiger partial charge on any atom is 0.409 e. The van der Waals surface area contributed by atoms with Crippen LogP contribution in [0.2, 0.25) is 0 Å². The summed E-state index contributed by atoms with van der Waals surface area (Å²) in [5.74, 6) is 1.25. The quantitative estimate of drug-likeness (QED) is 0.770. The minimum absolute atomic E-state index is 0.0544. The molecule has 0 bridgehead atoms. The fraction of sp³-hybridized carbons (Fsp3) is 0.769. The van der Waals surface area contributed by atoms with E-state index in [2.05, 4.69) is 5.32 Å². The molecular formula is C13H21N3O4S. The van der Waals surface area contributed by atoms with Crippen LogP contribution in [0.4, 0.5) is 4.79 Å². The summed E-state index contributed by atoms with van der Waals surface area (Å²) in [5.41, 5.74) is 0. The molecule has 118 valence electrons. The number of hydrogen-bond donors (Lipinski definition) is 1. The first-order valence-corrected chi connectivity index (χ1v) is 8.35. The van der Waals surface area contributed by atoms with Crippen molar-refractivity contribution in [3.63, 3.8) is 0 Å². The third-order valence-corrected chi connectivity index (χ3v) is 4.57. The molecule has 2 rings (SSSR count). The van der Waals surface area contributed by atoms with Gasteiger partial charge >= 0.3 is 6.09 Å². The highest BCUT2D eigenvalue weighted by molar-refractivity contribution is 7.99. The Bertz CT molecular complexity index is 410. The Kier molecular flexibility index (Phi) is 5.72. The Hall–Kier alpha value is -1.44. The van der Waals surface area contributed by atoms with Gasteiger partial charge in [-0.2, -0.15) is 11.8 Å². The molecule has 1 atom stereocenters. The van der Waals surface area contributed by atoms with E-state index in [1.54, 1.807) is 28.5 Å². The number of ether oxygens (including phenoxy) is 1. The lowest BCUT2D eigenvalue weighted by atomic mass is 10.2. The van der Waals surface area contributed by atoms with E-state index in [0.717, 1.165) is 5.75 Å². The highest BCUT2D eigenvalue weighted by Crippen LogP contribution is 2.13. The van der Waals surface area contributed by atoms with Gasteiger partial charge in [0.15, 0.2) is 0 Å². The van der Waals surface area contributed by atoms with Crippen LogP contribution >= 0.6 is 11.8 Å². The Morgan fingerprint density at radius 1 is 1.29 bits per heavy atom. The van der Waals surface area contributed by atoms with Crippen LogP contribution < -0.4 is 5.32 Å². The molecule has 2 aliphatic rings. The summed E-state index contributed by atoms with van der Waals surface area (Å²) in [6.07, 6.45) is 0.133. The first-order valence-electron chi connectivity index (χ1n) is 7.19. The Balaban J connectivity index is 1.85. The van der Waals surface area contributed by atoms with Crippen LogP contribution in [0.15, 0.2) is 0 Å². The second kappa shape index (κ2) is 7.53.